The lowest BCUT2D eigenvalue weighted by Crippen LogP contribution is -2.02. The van der Waals surface area contributed by atoms with Crippen molar-refractivity contribution in [3.63, 3.8) is 0 Å². The molecule has 0 spiro atoms. The number of rotatable bonds is 3. The van der Waals surface area contributed by atoms with E-state index < -0.39 is 0 Å². The zero-order valence-electron chi connectivity index (χ0n) is 8.97. The molecular weight excluding hydrogens is 220 g/mol. The van der Waals surface area contributed by atoms with Crippen LogP contribution in [-0.4, -0.2) is 13.1 Å². The largest absolute Gasteiger partial charge is 0.465 e. The zero-order chi connectivity index (χ0) is 11.4. The van der Waals surface area contributed by atoms with Crippen LogP contribution in [0.1, 0.15) is 20.8 Å². The van der Waals surface area contributed by atoms with Crippen LogP contribution in [0.5, 0.6) is 0 Å². The summed E-state index contributed by atoms with van der Waals surface area (Å²) < 4.78 is 4.74. The minimum absolute atomic E-state index is 0.257. The number of ether oxygens (including phenoxy) is 1. The summed E-state index contributed by atoms with van der Waals surface area (Å²) in [5.41, 5.74) is 1.88. The van der Waals surface area contributed by atoms with Crippen molar-refractivity contribution in [2.45, 2.75) is 6.42 Å². The van der Waals surface area contributed by atoms with Crippen molar-refractivity contribution >= 4 is 17.3 Å². The number of hydrogen-bond donors (Lipinski definition) is 0. The SMILES string of the molecule is COC(=O)c1ccsc1Cc1ccccc1. The molecule has 1 aromatic carbocycles. The molecule has 0 fully saturated rings. The van der Waals surface area contributed by atoms with E-state index in [1.807, 2.05) is 29.6 Å². The Morgan fingerprint density at radius 1 is 1.25 bits per heavy atom. The van der Waals surface area contributed by atoms with E-state index in [4.69, 9.17) is 4.74 Å². The number of carbonyl (C=O) groups is 1. The second-order valence-corrected chi connectivity index (χ2v) is 4.41. The Balaban J connectivity index is 2.22. The summed E-state index contributed by atoms with van der Waals surface area (Å²) in [5.74, 6) is -0.257. The predicted molar refractivity (Wildman–Crippen MR) is 64.9 cm³/mol. The quantitative estimate of drug-likeness (QED) is 0.760. The second kappa shape index (κ2) is 4.94. The molecule has 0 atom stereocenters. The van der Waals surface area contributed by atoms with Gasteiger partial charge in [-0.1, -0.05) is 30.3 Å². The molecule has 3 heteroatoms. The first-order chi connectivity index (χ1) is 7.81. The van der Waals surface area contributed by atoms with Gasteiger partial charge in [0.05, 0.1) is 12.7 Å². The molecule has 0 unspecified atom stereocenters. The molecule has 1 aromatic heterocycles. The molecule has 2 aromatic rings. The summed E-state index contributed by atoms with van der Waals surface area (Å²) >= 11 is 1.59. The molecule has 0 radical (unpaired) electrons. The van der Waals surface area contributed by atoms with Gasteiger partial charge in [-0.2, -0.15) is 0 Å². The van der Waals surface area contributed by atoms with E-state index in [1.54, 1.807) is 11.3 Å². The molecule has 0 N–H and O–H groups in total. The Bertz CT molecular complexity index is 474. The Hall–Kier alpha value is -1.61. The van der Waals surface area contributed by atoms with E-state index >= 15 is 0 Å². The second-order valence-electron chi connectivity index (χ2n) is 3.41. The fourth-order valence-electron chi connectivity index (χ4n) is 1.55. The highest BCUT2D eigenvalue weighted by Gasteiger charge is 2.12. The predicted octanol–water partition coefficient (Wildman–Crippen LogP) is 3.13. The fourth-order valence-corrected chi connectivity index (χ4v) is 2.45. The Labute approximate surface area is 98.5 Å². The monoisotopic (exact) mass is 232 g/mol. The van der Waals surface area contributed by atoms with Crippen LogP contribution in [0, 0.1) is 0 Å². The van der Waals surface area contributed by atoms with Crippen molar-refractivity contribution < 1.29 is 9.53 Å². The summed E-state index contributed by atoms with van der Waals surface area (Å²) in [4.78, 5) is 12.5. The maximum atomic E-state index is 11.5. The third-order valence-electron chi connectivity index (χ3n) is 2.36. The number of esters is 1. The molecule has 0 bridgehead atoms. The minimum Gasteiger partial charge on any atom is -0.465 e. The van der Waals surface area contributed by atoms with Crippen molar-refractivity contribution in [1.29, 1.82) is 0 Å². The minimum atomic E-state index is -0.257. The highest BCUT2D eigenvalue weighted by molar-refractivity contribution is 7.10. The van der Waals surface area contributed by atoms with E-state index in [9.17, 15) is 4.79 Å². The van der Waals surface area contributed by atoms with Crippen LogP contribution in [-0.2, 0) is 11.2 Å². The van der Waals surface area contributed by atoms with Crippen molar-refractivity contribution in [3.05, 3.63) is 57.8 Å². The van der Waals surface area contributed by atoms with Gasteiger partial charge in [0.1, 0.15) is 0 Å². The molecule has 0 aliphatic carbocycles. The molecule has 16 heavy (non-hydrogen) atoms. The molecule has 0 aliphatic rings. The standard InChI is InChI=1S/C13H12O2S/c1-15-13(14)11-7-8-16-12(11)9-10-5-3-2-4-6-10/h2-8H,9H2,1H3. The van der Waals surface area contributed by atoms with Crippen molar-refractivity contribution in [3.8, 4) is 0 Å². The van der Waals surface area contributed by atoms with Crippen molar-refractivity contribution in [2.75, 3.05) is 7.11 Å². The van der Waals surface area contributed by atoms with Gasteiger partial charge >= 0.3 is 5.97 Å². The molecule has 0 saturated carbocycles. The first-order valence-corrected chi connectivity index (χ1v) is 5.88. The Morgan fingerprint density at radius 2 is 2.00 bits per heavy atom. The van der Waals surface area contributed by atoms with Gasteiger partial charge in [0.2, 0.25) is 0 Å². The molecule has 82 valence electrons. The highest BCUT2D eigenvalue weighted by Crippen LogP contribution is 2.21. The molecule has 1 heterocycles. The van der Waals surface area contributed by atoms with Crippen LogP contribution in [0.4, 0.5) is 0 Å². The number of hydrogen-bond acceptors (Lipinski definition) is 3. The van der Waals surface area contributed by atoms with E-state index in [0.29, 0.717) is 5.56 Å². The summed E-state index contributed by atoms with van der Waals surface area (Å²) in [5, 5.41) is 1.92. The molecule has 0 aliphatic heterocycles. The maximum Gasteiger partial charge on any atom is 0.338 e. The molecular formula is C13H12O2S. The first-order valence-electron chi connectivity index (χ1n) is 5.00. The van der Waals surface area contributed by atoms with Gasteiger partial charge in [0, 0.05) is 11.3 Å². The van der Waals surface area contributed by atoms with Gasteiger partial charge in [-0.25, -0.2) is 4.79 Å². The topological polar surface area (TPSA) is 26.3 Å². The van der Waals surface area contributed by atoms with E-state index in [-0.39, 0.29) is 5.97 Å². The van der Waals surface area contributed by atoms with E-state index in [1.165, 1.54) is 12.7 Å². The third kappa shape index (κ3) is 2.31. The number of carbonyl (C=O) groups excluding carboxylic acids is 1. The van der Waals surface area contributed by atoms with Crippen molar-refractivity contribution in [1.82, 2.24) is 0 Å². The summed E-state index contributed by atoms with van der Waals surface area (Å²) in [6.07, 6.45) is 0.781. The van der Waals surface area contributed by atoms with E-state index in [0.717, 1.165) is 11.3 Å². The maximum absolute atomic E-state index is 11.5. The molecule has 2 rings (SSSR count). The van der Waals surface area contributed by atoms with Crippen LogP contribution < -0.4 is 0 Å². The van der Waals surface area contributed by atoms with Gasteiger partial charge < -0.3 is 4.74 Å². The average molecular weight is 232 g/mol. The van der Waals surface area contributed by atoms with E-state index in [2.05, 4.69) is 12.1 Å². The van der Waals surface area contributed by atoms with Gasteiger partial charge in [-0.15, -0.1) is 11.3 Å². The molecule has 0 amide bonds. The number of thiophene rings is 1. The van der Waals surface area contributed by atoms with Gasteiger partial charge in [-0.05, 0) is 17.0 Å². The summed E-state index contributed by atoms with van der Waals surface area (Å²) in [6.45, 7) is 0. The Kier molecular flexibility index (Phi) is 3.37. The number of benzene rings is 1. The average Bonchev–Trinajstić information content (AvgIpc) is 2.77. The fraction of sp³-hybridized carbons (Fsp3) is 0.154. The van der Waals surface area contributed by atoms with Crippen LogP contribution in [0.15, 0.2) is 41.8 Å². The normalized spacial score (nSPS) is 10.1. The van der Waals surface area contributed by atoms with Gasteiger partial charge in [0.25, 0.3) is 0 Å². The highest BCUT2D eigenvalue weighted by atomic mass is 32.1. The number of methoxy groups -OCH3 is 1. The van der Waals surface area contributed by atoms with Crippen LogP contribution >= 0.6 is 11.3 Å². The summed E-state index contributed by atoms with van der Waals surface area (Å²) in [6, 6.07) is 11.9. The lowest BCUT2D eigenvalue weighted by molar-refractivity contribution is 0.0600. The van der Waals surface area contributed by atoms with Crippen LogP contribution in [0.2, 0.25) is 0 Å². The summed E-state index contributed by atoms with van der Waals surface area (Å²) in [7, 11) is 1.41. The lowest BCUT2D eigenvalue weighted by atomic mass is 10.1. The van der Waals surface area contributed by atoms with Crippen LogP contribution in [0.25, 0.3) is 0 Å². The lowest BCUT2D eigenvalue weighted by Gasteiger charge is -2.02. The Morgan fingerprint density at radius 3 is 2.69 bits per heavy atom. The smallest absolute Gasteiger partial charge is 0.338 e. The first kappa shape index (κ1) is 10.9. The van der Waals surface area contributed by atoms with Gasteiger partial charge in [-0.3, -0.25) is 0 Å². The zero-order valence-corrected chi connectivity index (χ0v) is 9.79. The molecule has 2 nitrogen and oxygen atoms in total. The molecule has 0 saturated heterocycles. The van der Waals surface area contributed by atoms with Crippen molar-refractivity contribution in [2.24, 2.45) is 0 Å². The van der Waals surface area contributed by atoms with Gasteiger partial charge in [0.15, 0.2) is 0 Å². The third-order valence-corrected chi connectivity index (χ3v) is 3.28. The van der Waals surface area contributed by atoms with Crippen LogP contribution in [0.3, 0.4) is 0 Å².